The summed E-state index contributed by atoms with van der Waals surface area (Å²) >= 11 is 1.40. The molecular formula is C21H28N4O3S. The zero-order chi connectivity index (χ0) is 20.6. The van der Waals surface area contributed by atoms with E-state index in [1.165, 1.54) is 24.2 Å². The van der Waals surface area contributed by atoms with Crippen molar-refractivity contribution in [3.63, 3.8) is 0 Å². The first kappa shape index (κ1) is 21.3. The molecule has 3 rings (SSSR count). The van der Waals surface area contributed by atoms with Crippen LogP contribution in [0.15, 0.2) is 29.6 Å². The Morgan fingerprint density at radius 2 is 2.17 bits per heavy atom. The second kappa shape index (κ2) is 10.4. The predicted octanol–water partition coefficient (Wildman–Crippen LogP) is 3.14. The summed E-state index contributed by atoms with van der Waals surface area (Å²) in [5.41, 5.74) is 1.38. The number of thiazole rings is 1. The van der Waals surface area contributed by atoms with E-state index in [9.17, 15) is 9.59 Å². The largest absolute Gasteiger partial charge is 0.493 e. The van der Waals surface area contributed by atoms with E-state index < -0.39 is 0 Å². The van der Waals surface area contributed by atoms with Gasteiger partial charge in [0.1, 0.15) is 5.75 Å². The van der Waals surface area contributed by atoms with Crippen LogP contribution in [0.1, 0.15) is 42.7 Å². The van der Waals surface area contributed by atoms with Gasteiger partial charge in [0, 0.05) is 18.5 Å². The van der Waals surface area contributed by atoms with Crippen molar-refractivity contribution in [3.8, 4) is 5.75 Å². The lowest BCUT2D eigenvalue weighted by molar-refractivity contribution is -0.115. The zero-order valence-electron chi connectivity index (χ0n) is 16.9. The number of amides is 2. The molecule has 1 fully saturated rings. The summed E-state index contributed by atoms with van der Waals surface area (Å²) in [4.78, 5) is 31.5. The third kappa shape index (κ3) is 6.27. The van der Waals surface area contributed by atoms with Crippen LogP contribution in [0.5, 0.6) is 5.75 Å². The molecule has 1 unspecified atom stereocenters. The van der Waals surface area contributed by atoms with E-state index in [0.29, 0.717) is 23.1 Å². The van der Waals surface area contributed by atoms with E-state index in [4.69, 9.17) is 4.74 Å². The van der Waals surface area contributed by atoms with Crippen molar-refractivity contribution in [1.82, 2.24) is 15.2 Å². The SMILES string of the molecule is CCOc1ccccc1C(=O)NCC(=O)Nc1nc(CN2CCCC(C)C2)cs1. The van der Waals surface area contributed by atoms with Crippen LogP contribution in [0.25, 0.3) is 0 Å². The minimum absolute atomic E-state index is 0.127. The van der Waals surface area contributed by atoms with Crippen molar-refractivity contribution in [3.05, 3.63) is 40.9 Å². The highest BCUT2D eigenvalue weighted by atomic mass is 32.1. The van der Waals surface area contributed by atoms with Gasteiger partial charge in [0.2, 0.25) is 5.91 Å². The second-order valence-electron chi connectivity index (χ2n) is 7.29. The molecule has 8 heteroatoms. The van der Waals surface area contributed by atoms with Crippen molar-refractivity contribution in [2.75, 3.05) is 31.6 Å². The maximum atomic E-state index is 12.4. The van der Waals surface area contributed by atoms with Gasteiger partial charge in [-0.2, -0.15) is 0 Å². The fourth-order valence-corrected chi connectivity index (χ4v) is 4.17. The fourth-order valence-electron chi connectivity index (χ4n) is 3.45. The second-order valence-corrected chi connectivity index (χ2v) is 8.14. The number of hydrogen-bond acceptors (Lipinski definition) is 6. The van der Waals surface area contributed by atoms with E-state index in [1.54, 1.807) is 24.3 Å². The Labute approximate surface area is 175 Å². The first-order chi connectivity index (χ1) is 14.0. The number of aromatic nitrogens is 1. The molecule has 29 heavy (non-hydrogen) atoms. The minimum atomic E-state index is -0.344. The molecule has 1 aliphatic heterocycles. The molecule has 1 aliphatic rings. The smallest absolute Gasteiger partial charge is 0.255 e. The summed E-state index contributed by atoms with van der Waals surface area (Å²) in [6, 6.07) is 6.97. The lowest BCUT2D eigenvalue weighted by Gasteiger charge is -2.30. The summed E-state index contributed by atoms with van der Waals surface area (Å²) in [6.45, 7) is 7.47. The van der Waals surface area contributed by atoms with Gasteiger partial charge in [-0.15, -0.1) is 11.3 Å². The van der Waals surface area contributed by atoms with Gasteiger partial charge in [-0.25, -0.2) is 4.98 Å². The Hall–Kier alpha value is -2.45. The van der Waals surface area contributed by atoms with Crippen LogP contribution in [0.3, 0.4) is 0 Å². The monoisotopic (exact) mass is 416 g/mol. The Morgan fingerprint density at radius 3 is 2.97 bits per heavy atom. The average molecular weight is 417 g/mol. The molecule has 0 radical (unpaired) electrons. The molecule has 7 nitrogen and oxygen atoms in total. The van der Waals surface area contributed by atoms with E-state index in [2.05, 4.69) is 27.4 Å². The Morgan fingerprint density at radius 1 is 1.34 bits per heavy atom. The number of carbonyl (C=O) groups excluding carboxylic acids is 2. The highest BCUT2D eigenvalue weighted by molar-refractivity contribution is 7.13. The maximum absolute atomic E-state index is 12.4. The van der Waals surface area contributed by atoms with E-state index >= 15 is 0 Å². The van der Waals surface area contributed by atoms with Crippen LogP contribution in [0.4, 0.5) is 5.13 Å². The van der Waals surface area contributed by atoms with E-state index in [0.717, 1.165) is 31.2 Å². The molecule has 156 valence electrons. The Balaban J connectivity index is 1.47. The highest BCUT2D eigenvalue weighted by Gasteiger charge is 2.18. The van der Waals surface area contributed by atoms with Crippen molar-refractivity contribution >= 4 is 28.3 Å². The molecule has 1 saturated heterocycles. The van der Waals surface area contributed by atoms with Gasteiger partial charge < -0.3 is 15.4 Å². The molecule has 2 amide bonds. The maximum Gasteiger partial charge on any atom is 0.255 e. The summed E-state index contributed by atoms with van der Waals surface area (Å²) < 4.78 is 5.46. The van der Waals surface area contributed by atoms with Crippen molar-refractivity contribution in [2.45, 2.75) is 33.2 Å². The predicted molar refractivity (Wildman–Crippen MR) is 114 cm³/mol. The minimum Gasteiger partial charge on any atom is -0.493 e. The van der Waals surface area contributed by atoms with Gasteiger partial charge in [0.25, 0.3) is 5.91 Å². The van der Waals surface area contributed by atoms with Crippen LogP contribution >= 0.6 is 11.3 Å². The number of hydrogen-bond donors (Lipinski definition) is 2. The average Bonchev–Trinajstić information content (AvgIpc) is 3.13. The standard InChI is InChI=1S/C21H28N4O3S/c1-3-28-18-9-5-4-8-17(18)20(27)22-11-19(26)24-21-23-16(14-29-21)13-25-10-6-7-15(2)12-25/h4-5,8-9,14-15H,3,6-7,10-13H2,1-2H3,(H,22,27)(H,23,24,26). The van der Waals surface area contributed by atoms with Gasteiger partial charge in [-0.1, -0.05) is 19.1 Å². The third-order valence-corrected chi connectivity index (χ3v) is 5.57. The molecule has 1 aromatic heterocycles. The van der Waals surface area contributed by atoms with Crippen LogP contribution < -0.4 is 15.4 Å². The van der Waals surface area contributed by atoms with Crippen LogP contribution in [0.2, 0.25) is 0 Å². The molecule has 2 aromatic rings. The summed E-state index contributed by atoms with van der Waals surface area (Å²) in [6.07, 6.45) is 2.51. The Kier molecular flexibility index (Phi) is 7.60. The third-order valence-electron chi connectivity index (χ3n) is 4.77. The summed E-state index contributed by atoms with van der Waals surface area (Å²) in [7, 11) is 0. The number of nitrogens with zero attached hydrogens (tertiary/aromatic N) is 2. The van der Waals surface area contributed by atoms with Crippen LogP contribution in [0, 0.1) is 5.92 Å². The number of likely N-dealkylation sites (tertiary alicyclic amines) is 1. The molecule has 0 spiro atoms. The molecule has 1 aromatic carbocycles. The van der Waals surface area contributed by atoms with Gasteiger partial charge in [-0.3, -0.25) is 14.5 Å². The number of benzene rings is 1. The normalized spacial score (nSPS) is 17.0. The molecule has 2 heterocycles. The lowest BCUT2D eigenvalue weighted by atomic mass is 10.0. The number of piperidine rings is 1. The number of para-hydroxylation sites is 1. The van der Waals surface area contributed by atoms with Crippen LogP contribution in [-0.4, -0.2) is 47.9 Å². The van der Waals surface area contributed by atoms with E-state index in [1.807, 2.05) is 12.3 Å². The van der Waals surface area contributed by atoms with Gasteiger partial charge in [0.05, 0.1) is 24.4 Å². The van der Waals surface area contributed by atoms with Gasteiger partial charge >= 0.3 is 0 Å². The van der Waals surface area contributed by atoms with Gasteiger partial charge in [-0.05, 0) is 44.4 Å². The number of rotatable bonds is 8. The van der Waals surface area contributed by atoms with Gasteiger partial charge in [0.15, 0.2) is 5.13 Å². The first-order valence-corrected chi connectivity index (χ1v) is 10.9. The van der Waals surface area contributed by atoms with Crippen molar-refractivity contribution in [1.29, 1.82) is 0 Å². The molecular weight excluding hydrogens is 388 g/mol. The number of ether oxygens (including phenoxy) is 1. The number of anilines is 1. The molecule has 2 N–H and O–H groups in total. The topological polar surface area (TPSA) is 83.6 Å². The highest BCUT2D eigenvalue weighted by Crippen LogP contribution is 2.21. The number of nitrogens with one attached hydrogen (secondary N) is 2. The Bertz CT molecular complexity index is 839. The fraction of sp³-hybridized carbons (Fsp3) is 0.476. The molecule has 0 bridgehead atoms. The molecule has 0 aliphatic carbocycles. The lowest BCUT2D eigenvalue weighted by Crippen LogP contribution is -2.34. The van der Waals surface area contributed by atoms with Crippen LogP contribution in [-0.2, 0) is 11.3 Å². The zero-order valence-corrected chi connectivity index (χ0v) is 17.8. The van der Waals surface area contributed by atoms with Crippen molar-refractivity contribution in [2.24, 2.45) is 5.92 Å². The summed E-state index contributed by atoms with van der Waals surface area (Å²) in [5, 5.41) is 7.92. The number of carbonyl (C=O) groups is 2. The summed E-state index contributed by atoms with van der Waals surface area (Å²) in [5.74, 6) is 0.575. The van der Waals surface area contributed by atoms with Crippen molar-refractivity contribution < 1.29 is 14.3 Å². The van der Waals surface area contributed by atoms with E-state index in [-0.39, 0.29) is 18.4 Å². The molecule has 0 saturated carbocycles. The molecule has 1 atom stereocenters. The first-order valence-electron chi connectivity index (χ1n) is 10.0. The quantitative estimate of drug-likeness (QED) is 0.691.